The minimum absolute atomic E-state index is 0.538. The minimum atomic E-state index is -0.985. The molecular formula is C11H10BrCl2N. The van der Waals surface area contributed by atoms with Crippen LogP contribution in [-0.4, -0.2) is 10.2 Å². The van der Waals surface area contributed by atoms with E-state index < -0.39 is 9.87 Å². The summed E-state index contributed by atoms with van der Waals surface area (Å²) in [6.45, 7) is 3.84. The molecule has 0 saturated heterocycles. The van der Waals surface area contributed by atoms with Crippen molar-refractivity contribution in [3.63, 3.8) is 0 Å². The molecule has 1 aromatic rings. The second kappa shape index (κ2) is 3.47. The van der Waals surface area contributed by atoms with Crippen molar-refractivity contribution >= 4 is 43.8 Å². The Labute approximate surface area is 108 Å². The van der Waals surface area contributed by atoms with Gasteiger partial charge in [-0.3, -0.25) is 4.99 Å². The van der Waals surface area contributed by atoms with Crippen molar-refractivity contribution in [2.24, 2.45) is 4.99 Å². The lowest BCUT2D eigenvalue weighted by Crippen LogP contribution is -2.41. The lowest BCUT2D eigenvalue weighted by atomic mass is 9.88. The normalized spacial score (nSPS) is 21.8. The lowest BCUT2D eigenvalue weighted by molar-refractivity contribution is 0.459. The Kier molecular flexibility index (Phi) is 2.65. The van der Waals surface area contributed by atoms with E-state index in [1.807, 2.05) is 38.1 Å². The molecule has 15 heavy (non-hydrogen) atoms. The van der Waals surface area contributed by atoms with E-state index in [4.69, 9.17) is 23.2 Å². The number of hydrogen-bond donors (Lipinski definition) is 0. The predicted octanol–water partition coefficient (Wildman–Crippen LogP) is 4.25. The van der Waals surface area contributed by atoms with Crippen molar-refractivity contribution in [2.75, 3.05) is 0 Å². The first-order valence-corrected chi connectivity index (χ1v) is 6.14. The van der Waals surface area contributed by atoms with E-state index in [2.05, 4.69) is 20.9 Å². The zero-order valence-corrected chi connectivity index (χ0v) is 11.5. The van der Waals surface area contributed by atoms with Crippen molar-refractivity contribution in [1.82, 2.24) is 0 Å². The molecule has 0 amide bonds. The summed E-state index contributed by atoms with van der Waals surface area (Å²) in [5, 5.41) is 0. The highest BCUT2D eigenvalue weighted by atomic mass is 79.9. The molecule has 1 aliphatic heterocycles. The fraction of sp³-hybridized carbons (Fsp3) is 0.364. The quantitative estimate of drug-likeness (QED) is 0.635. The largest absolute Gasteiger partial charge is 0.268 e. The highest BCUT2D eigenvalue weighted by molar-refractivity contribution is 9.18. The van der Waals surface area contributed by atoms with Crippen molar-refractivity contribution in [3.05, 3.63) is 35.4 Å². The van der Waals surface area contributed by atoms with Crippen LogP contribution in [0.1, 0.15) is 25.0 Å². The third-order valence-corrected chi connectivity index (χ3v) is 4.57. The molecular weight excluding hydrogens is 297 g/mol. The van der Waals surface area contributed by atoms with Crippen LogP contribution in [0.5, 0.6) is 0 Å². The Balaban J connectivity index is 2.73. The fourth-order valence-electron chi connectivity index (χ4n) is 1.64. The maximum atomic E-state index is 6.40. The number of nitrogens with zero attached hydrogens (tertiary/aromatic N) is 1. The average molecular weight is 307 g/mol. The number of hydrogen-bond acceptors (Lipinski definition) is 1. The first-order chi connectivity index (χ1) is 6.86. The summed E-state index contributed by atoms with van der Waals surface area (Å²) in [7, 11) is 0. The van der Waals surface area contributed by atoms with Gasteiger partial charge in [0.2, 0.25) is 0 Å². The van der Waals surface area contributed by atoms with Gasteiger partial charge < -0.3 is 0 Å². The number of benzene rings is 1. The summed E-state index contributed by atoms with van der Waals surface area (Å²) in [5.74, 6) is 0. The third-order valence-electron chi connectivity index (χ3n) is 2.63. The monoisotopic (exact) mass is 305 g/mol. The molecule has 1 aromatic carbocycles. The molecule has 0 aromatic heterocycles. The van der Waals surface area contributed by atoms with Crippen molar-refractivity contribution in [3.8, 4) is 0 Å². The van der Waals surface area contributed by atoms with Gasteiger partial charge in [0.25, 0.3) is 0 Å². The maximum absolute atomic E-state index is 6.40. The molecule has 1 nitrogen and oxygen atoms in total. The Morgan fingerprint density at radius 3 is 2.47 bits per heavy atom. The molecule has 0 saturated carbocycles. The van der Waals surface area contributed by atoms with E-state index in [0.717, 1.165) is 15.7 Å². The van der Waals surface area contributed by atoms with Crippen LogP contribution < -0.4 is 0 Å². The van der Waals surface area contributed by atoms with Crippen LogP contribution in [0.3, 0.4) is 0 Å². The Bertz CT molecular complexity index is 438. The Morgan fingerprint density at radius 1 is 1.20 bits per heavy atom. The van der Waals surface area contributed by atoms with E-state index in [0.29, 0.717) is 0 Å². The van der Waals surface area contributed by atoms with Gasteiger partial charge >= 0.3 is 0 Å². The molecule has 0 unspecified atom stereocenters. The zero-order valence-electron chi connectivity index (χ0n) is 8.39. The molecule has 1 heterocycles. The first-order valence-electron chi connectivity index (χ1n) is 4.59. The number of alkyl halides is 2. The van der Waals surface area contributed by atoms with Crippen molar-refractivity contribution < 1.29 is 0 Å². The molecule has 2 rings (SSSR count). The molecule has 0 fully saturated rings. The molecule has 4 heteroatoms. The molecule has 0 atom stereocenters. The number of fused-ring (bicyclic) bond motifs is 1. The Morgan fingerprint density at radius 2 is 1.80 bits per heavy atom. The van der Waals surface area contributed by atoms with Gasteiger partial charge in [0.15, 0.2) is 4.33 Å². The van der Waals surface area contributed by atoms with Gasteiger partial charge in [-0.1, -0.05) is 47.5 Å². The van der Waals surface area contributed by atoms with Gasteiger partial charge in [0.05, 0.1) is 5.54 Å². The number of aliphatic imine (C=N–C) groups is 1. The topological polar surface area (TPSA) is 12.4 Å². The standard InChI is InChI=1S/C11H10BrCl2N/c1-10(2)11(13,14)8-6-4-3-5-7(8)9(12)15-10/h3-6H,1-2H3. The summed E-state index contributed by atoms with van der Waals surface area (Å²) < 4.78 is -0.180. The lowest BCUT2D eigenvalue weighted by Gasteiger charge is -2.39. The van der Waals surface area contributed by atoms with Crippen LogP contribution >= 0.6 is 39.1 Å². The van der Waals surface area contributed by atoms with E-state index in [1.165, 1.54) is 0 Å². The van der Waals surface area contributed by atoms with Crippen LogP contribution in [-0.2, 0) is 4.33 Å². The van der Waals surface area contributed by atoms with Crippen molar-refractivity contribution in [2.45, 2.75) is 23.7 Å². The second-order valence-corrected chi connectivity index (χ2v) is 6.16. The third kappa shape index (κ3) is 1.63. The fourth-order valence-corrected chi connectivity index (χ4v) is 2.85. The van der Waals surface area contributed by atoms with Gasteiger partial charge in [-0.05, 0) is 29.8 Å². The van der Waals surface area contributed by atoms with Crippen LogP contribution in [0.2, 0.25) is 0 Å². The molecule has 0 N–H and O–H groups in total. The second-order valence-electron chi connectivity index (χ2n) is 4.08. The summed E-state index contributed by atoms with van der Waals surface area (Å²) in [4.78, 5) is 4.48. The molecule has 0 aliphatic carbocycles. The average Bonchev–Trinajstić information content (AvgIpc) is 2.15. The van der Waals surface area contributed by atoms with Gasteiger partial charge in [0, 0.05) is 11.1 Å². The van der Waals surface area contributed by atoms with Gasteiger partial charge in [-0.15, -0.1) is 0 Å². The summed E-state index contributed by atoms with van der Waals surface area (Å²) >= 11 is 16.2. The molecule has 0 spiro atoms. The van der Waals surface area contributed by atoms with Gasteiger partial charge in [-0.2, -0.15) is 0 Å². The SMILES string of the molecule is CC1(C)N=C(Br)c2ccccc2C1(Cl)Cl. The first kappa shape index (κ1) is 11.4. The summed E-state index contributed by atoms with van der Waals surface area (Å²) in [6, 6.07) is 7.77. The van der Waals surface area contributed by atoms with E-state index >= 15 is 0 Å². The minimum Gasteiger partial charge on any atom is -0.268 e. The molecule has 1 aliphatic rings. The van der Waals surface area contributed by atoms with Gasteiger partial charge in [0.1, 0.15) is 4.62 Å². The van der Waals surface area contributed by atoms with Crippen LogP contribution in [0.15, 0.2) is 29.3 Å². The van der Waals surface area contributed by atoms with E-state index in [9.17, 15) is 0 Å². The smallest absolute Gasteiger partial charge is 0.168 e. The zero-order chi connectivity index (χ0) is 11.3. The number of halogens is 3. The van der Waals surface area contributed by atoms with E-state index in [1.54, 1.807) is 0 Å². The summed E-state index contributed by atoms with van der Waals surface area (Å²) in [6.07, 6.45) is 0. The molecule has 0 radical (unpaired) electrons. The predicted molar refractivity (Wildman–Crippen MR) is 69.4 cm³/mol. The van der Waals surface area contributed by atoms with Crippen molar-refractivity contribution in [1.29, 1.82) is 0 Å². The van der Waals surface area contributed by atoms with E-state index in [-0.39, 0.29) is 0 Å². The number of rotatable bonds is 0. The van der Waals surface area contributed by atoms with Crippen LogP contribution in [0.4, 0.5) is 0 Å². The Hall–Kier alpha value is -0.0500. The highest BCUT2D eigenvalue weighted by Crippen LogP contribution is 2.50. The molecule has 0 bridgehead atoms. The van der Waals surface area contributed by atoms with Crippen LogP contribution in [0, 0.1) is 0 Å². The highest BCUT2D eigenvalue weighted by Gasteiger charge is 2.47. The van der Waals surface area contributed by atoms with Crippen LogP contribution in [0.25, 0.3) is 0 Å². The maximum Gasteiger partial charge on any atom is 0.168 e. The summed E-state index contributed by atoms with van der Waals surface area (Å²) in [5.41, 5.74) is 1.32. The van der Waals surface area contributed by atoms with Gasteiger partial charge in [-0.25, -0.2) is 0 Å². The molecule has 80 valence electrons.